The topological polar surface area (TPSA) is 20.2 Å². The van der Waals surface area contributed by atoms with Gasteiger partial charge >= 0.3 is 6.18 Å². The first kappa shape index (κ1) is 17.1. The fraction of sp³-hybridized carbons (Fsp3) is 1.00. The minimum atomic E-state index is -3.98. The molecule has 4 heteroatoms. The average Bonchev–Trinajstić information content (AvgIpc) is 2.44. The molecule has 1 nitrogen and oxygen atoms in total. The molecule has 0 atom stereocenters. The second-order valence-electron chi connectivity index (χ2n) is 7.21. The van der Waals surface area contributed by atoms with Crippen LogP contribution < -0.4 is 0 Å². The van der Waals surface area contributed by atoms with Gasteiger partial charge in [0.15, 0.2) is 0 Å². The fourth-order valence-corrected chi connectivity index (χ4v) is 4.28. The largest absolute Gasteiger partial charge is 0.393 e. The van der Waals surface area contributed by atoms with Crippen molar-refractivity contribution in [2.24, 2.45) is 17.8 Å². The number of hydrogen-bond donors (Lipinski definition) is 1. The molecule has 2 rings (SSSR count). The number of aliphatic hydroxyl groups is 1. The first-order valence-electron chi connectivity index (χ1n) is 8.69. The van der Waals surface area contributed by atoms with Gasteiger partial charge in [0.1, 0.15) is 0 Å². The second kappa shape index (κ2) is 7.85. The molecule has 2 saturated carbocycles. The van der Waals surface area contributed by atoms with E-state index in [1.807, 2.05) is 0 Å². The second-order valence-corrected chi connectivity index (χ2v) is 7.21. The Labute approximate surface area is 126 Å². The lowest BCUT2D eigenvalue weighted by atomic mass is 9.70. The van der Waals surface area contributed by atoms with E-state index in [1.54, 1.807) is 0 Å². The van der Waals surface area contributed by atoms with Crippen LogP contribution >= 0.6 is 0 Å². The van der Waals surface area contributed by atoms with E-state index in [2.05, 4.69) is 0 Å². The molecule has 0 unspecified atom stereocenters. The number of rotatable bonds is 5. The third-order valence-corrected chi connectivity index (χ3v) is 5.62. The van der Waals surface area contributed by atoms with Crippen molar-refractivity contribution in [3.8, 4) is 0 Å². The Morgan fingerprint density at radius 2 is 1.29 bits per heavy atom. The monoisotopic (exact) mass is 306 g/mol. The average molecular weight is 306 g/mol. The summed E-state index contributed by atoms with van der Waals surface area (Å²) in [6.45, 7) is 0. The van der Waals surface area contributed by atoms with Crippen LogP contribution in [0.3, 0.4) is 0 Å². The van der Waals surface area contributed by atoms with E-state index in [4.69, 9.17) is 0 Å². The smallest absolute Gasteiger partial charge is 0.389 e. The quantitative estimate of drug-likeness (QED) is 0.668. The van der Waals surface area contributed by atoms with Crippen LogP contribution in [0, 0.1) is 17.8 Å². The van der Waals surface area contributed by atoms with Gasteiger partial charge in [0.05, 0.1) is 6.10 Å². The SMILES string of the molecule is OC1CCC(C2CCC(CCCCC(F)(F)F)CC2)CC1. The Morgan fingerprint density at radius 3 is 1.81 bits per heavy atom. The summed E-state index contributed by atoms with van der Waals surface area (Å²) in [5.74, 6) is 2.26. The Kier molecular flexibility index (Phi) is 6.39. The molecule has 2 aliphatic rings. The number of halogens is 3. The fourth-order valence-electron chi connectivity index (χ4n) is 4.28. The minimum absolute atomic E-state index is 0.0776. The van der Waals surface area contributed by atoms with E-state index in [0.29, 0.717) is 12.3 Å². The predicted molar refractivity (Wildman–Crippen MR) is 77.9 cm³/mol. The van der Waals surface area contributed by atoms with Crippen molar-refractivity contribution in [2.75, 3.05) is 0 Å². The van der Waals surface area contributed by atoms with Crippen molar-refractivity contribution < 1.29 is 18.3 Å². The lowest BCUT2D eigenvalue weighted by molar-refractivity contribution is -0.135. The number of unbranched alkanes of at least 4 members (excludes halogenated alkanes) is 1. The number of hydrogen-bond acceptors (Lipinski definition) is 1. The zero-order valence-electron chi connectivity index (χ0n) is 12.9. The van der Waals surface area contributed by atoms with Gasteiger partial charge in [0, 0.05) is 6.42 Å². The Morgan fingerprint density at radius 1 is 0.762 bits per heavy atom. The van der Waals surface area contributed by atoms with Crippen molar-refractivity contribution in [1.29, 1.82) is 0 Å². The van der Waals surface area contributed by atoms with E-state index in [-0.39, 0.29) is 6.10 Å². The molecule has 0 radical (unpaired) electrons. The van der Waals surface area contributed by atoms with Gasteiger partial charge in [-0.2, -0.15) is 13.2 Å². The molecule has 1 N–H and O–H groups in total. The van der Waals surface area contributed by atoms with Crippen molar-refractivity contribution in [3.63, 3.8) is 0 Å². The van der Waals surface area contributed by atoms with Crippen LogP contribution in [0.25, 0.3) is 0 Å². The molecule has 0 spiro atoms. The van der Waals surface area contributed by atoms with Gasteiger partial charge < -0.3 is 5.11 Å². The summed E-state index contributed by atoms with van der Waals surface area (Å²) in [4.78, 5) is 0. The molecular weight excluding hydrogens is 277 g/mol. The van der Waals surface area contributed by atoms with Crippen LogP contribution in [0.15, 0.2) is 0 Å². The molecule has 0 heterocycles. The summed E-state index contributed by atoms with van der Waals surface area (Å²) >= 11 is 0. The highest BCUT2D eigenvalue weighted by molar-refractivity contribution is 4.81. The van der Waals surface area contributed by atoms with Crippen LogP contribution in [-0.2, 0) is 0 Å². The highest BCUT2D eigenvalue weighted by Crippen LogP contribution is 2.41. The van der Waals surface area contributed by atoms with Gasteiger partial charge in [-0.05, 0) is 62.7 Å². The number of aliphatic hydroxyl groups excluding tert-OH is 1. The van der Waals surface area contributed by atoms with Gasteiger partial charge in [-0.1, -0.05) is 25.7 Å². The highest BCUT2D eigenvalue weighted by atomic mass is 19.4. The summed E-state index contributed by atoms with van der Waals surface area (Å²) in [5.41, 5.74) is 0. The Bertz CT molecular complexity index is 287. The lowest BCUT2D eigenvalue weighted by Gasteiger charge is -2.37. The van der Waals surface area contributed by atoms with Gasteiger partial charge in [-0.25, -0.2) is 0 Å². The first-order chi connectivity index (χ1) is 9.94. The van der Waals surface area contributed by atoms with E-state index in [1.165, 1.54) is 38.5 Å². The summed E-state index contributed by atoms with van der Waals surface area (Å²) in [6, 6.07) is 0. The molecule has 0 aromatic carbocycles. The molecule has 0 aromatic heterocycles. The minimum Gasteiger partial charge on any atom is -0.393 e. The van der Waals surface area contributed by atoms with Crippen molar-refractivity contribution in [2.45, 2.75) is 89.3 Å². The number of alkyl halides is 3. The highest BCUT2D eigenvalue weighted by Gasteiger charge is 2.30. The van der Waals surface area contributed by atoms with E-state index in [0.717, 1.165) is 37.5 Å². The third kappa shape index (κ3) is 6.17. The van der Waals surface area contributed by atoms with E-state index in [9.17, 15) is 18.3 Å². The molecule has 0 aromatic rings. The molecule has 0 aliphatic heterocycles. The van der Waals surface area contributed by atoms with Crippen molar-refractivity contribution in [1.82, 2.24) is 0 Å². The van der Waals surface area contributed by atoms with Crippen LogP contribution in [0.1, 0.15) is 77.0 Å². The summed E-state index contributed by atoms with van der Waals surface area (Å²) in [6.07, 6.45) is 6.50. The lowest BCUT2D eigenvalue weighted by Crippen LogP contribution is -2.27. The van der Waals surface area contributed by atoms with Gasteiger partial charge in [0.25, 0.3) is 0 Å². The summed E-state index contributed by atoms with van der Waals surface area (Å²) in [5, 5.41) is 9.57. The molecule has 2 aliphatic carbocycles. The normalized spacial score (nSPS) is 34.9. The van der Waals surface area contributed by atoms with Crippen molar-refractivity contribution >= 4 is 0 Å². The Balaban J connectivity index is 1.58. The van der Waals surface area contributed by atoms with Gasteiger partial charge in [-0.3, -0.25) is 0 Å². The maximum absolute atomic E-state index is 12.1. The van der Waals surface area contributed by atoms with Gasteiger partial charge in [-0.15, -0.1) is 0 Å². The Hall–Kier alpha value is -0.250. The maximum Gasteiger partial charge on any atom is 0.389 e. The third-order valence-electron chi connectivity index (χ3n) is 5.62. The molecule has 0 bridgehead atoms. The standard InChI is InChI=1S/C17H29F3O/c18-17(19,20)12-2-1-3-13-4-6-14(7-5-13)15-8-10-16(21)11-9-15/h13-16,21H,1-12H2. The summed E-state index contributed by atoms with van der Waals surface area (Å²) in [7, 11) is 0. The van der Waals surface area contributed by atoms with Crippen LogP contribution in [-0.4, -0.2) is 17.4 Å². The van der Waals surface area contributed by atoms with Crippen molar-refractivity contribution in [3.05, 3.63) is 0 Å². The maximum atomic E-state index is 12.1. The molecule has 0 saturated heterocycles. The van der Waals surface area contributed by atoms with Crippen LogP contribution in [0.5, 0.6) is 0 Å². The van der Waals surface area contributed by atoms with Crippen LogP contribution in [0.2, 0.25) is 0 Å². The molecule has 21 heavy (non-hydrogen) atoms. The van der Waals surface area contributed by atoms with Gasteiger partial charge in [0.2, 0.25) is 0 Å². The summed E-state index contributed by atoms with van der Waals surface area (Å²) < 4.78 is 36.3. The van der Waals surface area contributed by atoms with E-state index >= 15 is 0 Å². The van der Waals surface area contributed by atoms with E-state index < -0.39 is 12.6 Å². The predicted octanol–water partition coefficient (Wildman–Crippen LogP) is 5.47. The zero-order valence-corrected chi connectivity index (χ0v) is 12.9. The zero-order chi connectivity index (χ0) is 15.3. The molecule has 124 valence electrons. The molecular formula is C17H29F3O. The first-order valence-corrected chi connectivity index (χ1v) is 8.69. The van der Waals surface area contributed by atoms with Crippen LogP contribution in [0.4, 0.5) is 13.2 Å². The molecule has 0 amide bonds. The molecule has 2 fully saturated rings.